The minimum atomic E-state index is -0.705. The fourth-order valence-electron chi connectivity index (χ4n) is 4.51. The molecule has 1 amide bonds. The number of aryl methyl sites for hydroxylation is 2. The van der Waals surface area contributed by atoms with E-state index in [4.69, 9.17) is 10.5 Å². The lowest BCUT2D eigenvalue weighted by Crippen LogP contribution is -2.42. The number of aromatic hydroxyl groups is 1. The maximum Gasteiger partial charge on any atom is 0.237 e. The molecule has 0 saturated carbocycles. The summed E-state index contributed by atoms with van der Waals surface area (Å²) in [6, 6.07) is 29.1. The smallest absolute Gasteiger partial charge is 0.237 e. The van der Waals surface area contributed by atoms with Gasteiger partial charge >= 0.3 is 0 Å². The summed E-state index contributed by atoms with van der Waals surface area (Å²) in [7, 11) is 0. The van der Waals surface area contributed by atoms with Crippen LogP contribution in [0, 0.1) is 13.8 Å². The second-order valence-electron chi connectivity index (χ2n) is 9.47. The van der Waals surface area contributed by atoms with E-state index in [0.29, 0.717) is 19.6 Å². The zero-order valence-electron chi connectivity index (χ0n) is 21.4. The number of amides is 1. The number of phenolic OH excluding ortho intramolecular Hbond substituents is 1. The van der Waals surface area contributed by atoms with Gasteiger partial charge in [-0.1, -0.05) is 66.7 Å². The van der Waals surface area contributed by atoms with E-state index in [9.17, 15) is 9.90 Å². The maximum absolute atomic E-state index is 13.0. The van der Waals surface area contributed by atoms with E-state index in [1.54, 1.807) is 12.1 Å². The Hall–Kier alpha value is -4.09. The van der Waals surface area contributed by atoms with E-state index in [-0.39, 0.29) is 11.7 Å². The highest BCUT2D eigenvalue weighted by Gasteiger charge is 2.18. The van der Waals surface area contributed by atoms with Crippen molar-refractivity contribution in [1.29, 1.82) is 0 Å². The third-order valence-electron chi connectivity index (χ3n) is 6.51. The van der Waals surface area contributed by atoms with Gasteiger partial charge in [0.2, 0.25) is 5.91 Å². The average Bonchev–Trinajstić information content (AvgIpc) is 2.89. The van der Waals surface area contributed by atoms with Crippen molar-refractivity contribution in [2.45, 2.75) is 45.9 Å². The highest BCUT2D eigenvalue weighted by Crippen LogP contribution is 2.24. The molecule has 0 saturated heterocycles. The average molecular weight is 495 g/mol. The Morgan fingerprint density at radius 1 is 0.865 bits per heavy atom. The lowest BCUT2D eigenvalue weighted by atomic mass is 9.96. The van der Waals surface area contributed by atoms with Crippen molar-refractivity contribution in [3.05, 3.63) is 130 Å². The van der Waals surface area contributed by atoms with Gasteiger partial charge in [-0.15, -0.1) is 0 Å². The van der Waals surface area contributed by atoms with E-state index in [0.717, 1.165) is 45.6 Å². The van der Waals surface area contributed by atoms with E-state index < -0.39 is 6.04 Å². The lowest BCUT2D eigenvalue weighted by molar-refractivity contribution is -0.122. The molecule has 1 atom stereocenters. The van der Waals surface area contributed by atoms with Crippen LogP contribution in [0.5, 0.6) is 11.5 Å². The van der Waals surface area contributed by atoms with Crippen LogP contribution < -0.4 is 15.8 Å². The van der Waals surface area contributed by atoms with Crippen LogP contribution in [0.4, 0.5) is 0 Å². The van der Waals surface area contributed by atoms with Crippen molar-refractivity contribution >= 4 is 5.91 Å². The van der Waals surface area contributed by atoms with Gasteiger partial charge in [0.05, 0.1) is 6.04 Å². The predicted octanol–water partition coefficient (Wildman–Crippen LogP) is 5.37. The Morgan fingerprint density at radius 2 is 1.49 bits per heavy atom. The van der Waals surface area contributed by atoms with Crippen molar-refractivity contribution in [3.63, 3.8) is 0 Å². The molecule has 0 spiro atoms. The molecule has 4 aromatic rings. The predicted molar refractivity (Wildman–Crippen MR) is 148 cm³/mol. The second kappa shape index (κ2) is 12.2. The van der Waals surface area contributed by atoms with Crippen molar-refractivity contribution in [1.82, 2.24) is 5.32 Å². The van der Waals surface area contributed by atoms with Gasteiger partial charge in [0.25, 0.3) is 0 Å². The molecule has 4 rings (SSSR count). The minimum absolute atomic E-state index is 0.218. The maximum atomic E-state index is 13.0. The number of carbonyl (C=O) groups is 1. The summed E-state index contributed by atoms with van der Waals surface area (Å²) in [6.45, 7) is 4.59. The Balaban J connectivity index is 1.47. The molecule has 0 aliphatic carbocycles. The van der Waals surface area contributed by atoms with Crippen molar-refractivity contribution in [2.75, 3.05) is 0 Å². The number of phenols is 1. The molecule has 0 radical (unpaired) electrons. The molecule has 37 heavy (non-hydrogen) atoms. The number of carbonyl (C=O) groups excluding carboxylic acids is 1. The minimum Gasteiger partial charge on any atom is -0.508 e. The number of nitrogens with two attached hydrogens (primary N) is 1. The lowest BCUT2D eigenvalue weighted by Gasteiger charge is -2.18. The third-order valence-corrected chi connectivity index (χ3v) is 6.51. The molecule has 0 bridgehead atoms. The molecule has 4 aromatic carbocycles. The SMILES string of the molecule is Cc1cc(O)cc(C)c1C[C@H](N)C(=O)NCc1cc(Cc2ccccc2)ccc1OCc1ccccc1. The third kappa shape index (κ3) is 7.21. The highest BCUT2D eigenvalue weighted by molar-refractivity contribution is 5.82. The summed E-state index contributed by atoms with van der Waals surface area (Å²) < 4.78 is 6.15. The Morgan fingerprint density at radius 3 is 2.14 bits per heavy atom. The van der Waals surface area contributed by atoms with Crippen LogP contribution in [0.1, 0.15) is 38.9 Å². The molecule has 0 fully saturated rings. The van der Waals surface area contributed by atoms with E-state index in [2.05, 4.69) is 29.6 Å². The second-order valence-corrected chi connectivity index (χ2v) is 9.47. The van der Waals surface area contributed by atoms with Crippen molar-refractivity contribution < 1.29 is 14.6 Å². The van der Waals surface area contributed by atoms with E-state index in [1.807, 2.05) is 68.4 Å². The molecule has 0 aliphatic rings. The van der Waals surface area contributed by atoms with Gasteiger partial charge in [-0.2, -0.15) is 0 Å². The topological polar surface area (TPSA) is 84.6 Å². The van der Waals surface area contributed by atoms with Gasteiger partial charge in [0.1, 0.15) is 18.1 Å². The molecule has 0 unspecified atom stereocenters. The molecule has 4 N–H and O–H groups in total. The first-order valence-corrected chi connectivity index (χ1v) is 12.5. The zero-order valence-corrected chi connectivity index (χ0v) is 21.4. The van der Waals surface area contributed by atoms with Crippen LogP contribution in [-0.2, 0) is 30.8 Å². The van der Waals surface area contributed by atoms with Gasteiger partial charge in [-0.25, -0.2) is 0 Å². The van der Waals surface area contributed by atoms with Gasteiger partial charge in [-0.05, 0) is 84.3 Å². The molecule has 0 heterocycles. The Labute approximate surface area is 218 Å². The summed E-state index contributed by atoms with van der Waals surface area (Å²) in [5.41, 5.74) is 13.5. The van der Waals surface area contributed by atoms with Gasteiger partial charge in [-0.3, -0.25) is 4.79 Å². The first-order chi connectivity index (χ1) is 17.9. The normalized spacial score (nSPS) is 11.6. The fraction of sp³-hybridized carbons (Fsp3) is 0.219. The first-order valence-electron chi connectivity index (χ1n) is 12.5. The largest absolute Gasteiger partial charge is 0.508 e. The van der Waals surface area contributed by atoms with Crippen LogP contribution in [0.2, 0.25) is 0 Å². The number of hydrogen-bond donors (Lipinski definition) is 3. The number of ether oxygens (including phenoxy) is 1. The monoisotopic (exact) mass is 494 g/mol. The van der Waals surface area contributed by atoms with Crippen LogP contribution in [-0.4, -0.2) is 17.1 Å². The molecule has 190 valence electrons. The highest BCUT2D eigenvalue weighted by atomic mass is 16.5. The van der Waals surface area contributed by atoms with Crippen LogP contribution in [0.15, 0.2) is 91.0 Å². The van der Waals surface area contributed by atoms with Crippen molar-refractivity contribution in [3.8, 4) is 11.5 Å². The molecule has 5 heteroatoms. The summed E-state index contributed by atoms with van der Waals surface area (Å²) >= 11 is 0. The van der Waals surface area contributed by atoms with Crippen LogP contribution >= 0.6 is 0 Å². The summed E-state index contributed by atoms with van der Waals surface area (Å²) in [4.78, 5) is 13.0. The molecule has 5 nitrogen and oxygen atoms in total. The number of rotatable bonds is 10. The molecule has 0 aliphatic heterocycles. The van der Waals surface area contributed by atoms with E-state index in [1.165, 1.54) is 5.56 Å². The summed E-state index contributed by atoms with van der Waals surface area (Å²) in [6.07, 6.45) is 1.19. The van der Waals surface area contributed by atoms with Gasteiger partial charge in [0, 0.05) is 12.1 Å². The number of hydrogen-bond acceptors (Lipinski definition) is 4. The summed E-state index contributed by atoms with van der Waals surface area (Å²) in [5, 5.41) is 12.8. The van der Waals surface area contributed by atoms with E-state index >= 15 is 0 Å². The zero-order chi connectivity index (χ0) is 26.2. The Kier molecular flexibility index (Phi) is 8.60. The van der Waals surface area contributed by atoms with Crippen molar-refractivity contribution in [2.24, 2.45) is 5.73 Å². The van der Waals surface area contributed by atoms with Gasteiger partial charge in [0.15, 0.2) is 0 Å². The standard InChI is InChI=1S/C32H34N2O3/c1-22-15-28(35)16-23(2)29(22)19-30(33)32(36)34-20-27-18-26(17-24-9-5-3-6-10-24)13-14-31(27)37-21-25-11-7-4-8-12-25/h3-16,18,30,35H,17,19-21,33H2,1-2H3,(H,34,36)/t30-/m0/s1. The fourth-order valence-corrected chi connectivity index (χ4v) is 4.51. The Bertz CT molecular complexity index is 1310. The van der Waals surface area contributed by atoms with Crippen LogP contribution in [0.25, 0.3) is 0 Å². The molecular weight excluding hydrogens is 460 g/mol. The number of benzene rings is 4. The summed E-state index contributed by atoms with van der Waals surface area (Å²) in [5.74, 6) is 0.726. The quantitative estimate of drug-likeness (QED) is 0.277. The first kappa shape index (κ1) is 26.0. The number of nitrogens with one attached hydrogen (secondary N) is 1. The van der Waals surface area contributed by atoms with Gasteiger partial charge < -0.3 is 20.9 Å². The van der Waals surface area contributed by atoms with Crippen LogP contribution in [0.3, 0.4) is 0 Å². The molecular formula is C32H34N2O3. The molecule has 0 aromatic heterocycles.